The van der Waals surface area contributed by atoms with E-state index in [2.05, 4.69) is 10.1 Å². The third-order valence-corrected chi connectivity index (χ3v) is 2.74. The number of carbonyl (C=O) groups excluding carboxylic acids is 1. The molecule has 4 heteroatoms. The number of carbonyl (C=O) groups is 1. The Morgan fingerprint density at radius 1 is 1.21 bits per heavy atom. The fraction of sp³-hybridized carbons (Fsp3) is 0.267. The molecule has 2 rings (SSSR count). The Hall–Kier alpha value is -2.23. The van der Waals surface area contributed by atoms with Gasteiger partial charge in [-0.3, -0.25) is 4.79 Å². The molecule has 1 aromatic heterocycles. The molecule has 19 heavy (non-hydrogen) atoms. The minimum atomic E-state index is -0.416. The van der Waals surface area contributed by atoms with E-state index in [-0.39, 0.29) is 5.78 Å². The molecule has 0 aliphatic carbocycles. The van der Waals surface area contributed by atoms with Gasteiger partial charge in [-0.25, -0.2) is 9.67 Å². The van der Waals surface area contributed by atoms with Crippen molar-refractivity contribution >= 4 is 11.5 Å². The van der Waals surface area contributed by atoms with E-state index in [4.69, 9.17) is 0 Å². The third-order valence-electron chi connectivity index (χ3n) is 2.74. The third kappa shape index (κ3) is 3.16. The minimum absolute atomic E-state index is 0.0573. The monoisotopic (exact) mass is 255 g/mol. The maximum Gasteiger partial charge on any atom is 0.163 e. The zero-order valence-electron chi connectivity index (χ0n) is 11.4. The van der Waals surface area contributed by atoms with Gasteiger partial charge in [0.05, 0.1) is 5.70 Å². The van der Waals surface area contributed by atoms with Crippen LogP contribution in [0.2, 0.25) is 0 Å². The predicted octanol–water partition coefficient (Wildman–Crippen LogP) is 2.78. The smallest absolute Gasteiger partial charge is 0.163 e. The van der Waals surface area contributed by atoms with Crippen LogP contribution in [0.4, 0.5) is 0 Å². The van der Waals surface area contributed by atoms with Crippen LogP contribution in [0.3, 0.4) is 0 Å². The molecule has 0 saturated heterocycles. The molecule has 98 valence electrons. The Kier molecular flexibility index (Phi) is 3.60. The molecular formula is C15H17N3O. The summed E-state index contributed by atoms with van der Waals surface area (Å²) in [4.78, 5) is 16.1. The number of allylic oxidation sites excluding steroid dienone is 1. The molecule has 0 aliphatic rings. The van der Waals surface area contributed by atoms with Gasteiger partial charge in [-0.2, -0.15) is 5.10 Å². The lowest BCUT2D eigenvalue weighted by Crippen LogP contribution is -2.18. The lowest BCUT2D eigenvalue weighted by molar-refractivity contribution is -0.121. The van der Waals surface area contributed by atoms with Crippen LogP contribution in [0, 0.1) is 5.41 Å². The predicted molar refractivity (Wildman–Crippen MR) is 74.3 cm³/mol. The van der Waals surface area contributed by atoms with Gasteiger partial charge in [0.15, 0.2) is 5.78 Å². The van der Waals surface area contributed by atoms with Crippen molar-refractivity contribution in [2.24, 2.45) is 5.41 Å². The maximum atomic E-state index is 12.2. The van der Waals surface area contributed by atoms with Gasteiger partial charge >= 0.3 is 0 Å². The van der Waals surface area contributed by atoms with Gasteiger partial charge in [0.25, 0.3) is 0 Å². The van der Waals surface area contributed by atoms with E-state index in [1.165, 1.54) is 6.33 Å². The lowest BCUT2D eigenvalue weighted by atomic mass is 9.90. The number of hydrogen-bond acceptors (Lipinski definition) is 3. The molecule has 0 fully saturated rings. The number of rotatable bonds is 3. The first-order valence-electron chi connectivity index (χ1n) is 6.15. The summed E-state index contributed by atoms with van der Waals surface area (Å²) in [5.74, 6) is 0.0573. The molecule has 4 nitrogen and oxygen atoms in total. The zero-order chi connectivity index (χ0) is 13.9. The van der Waals surface area contributed by atoms with Gasteiger partial charge in [0, 0.05) is 17.1 Å². The van der Waals surface area contributed by atoms with Crippen molar-refractivity contribution in [1.82, 2.24) is 14.8 Å². The maximum absolute atomic E-state index is 12.2. The number of hydrogen-bond donors (Lipinski definition) is 0. The summed E-state index contributed by atoms with van der Waals surface area (Å²) in [5, 5.41) is 4.11. The van der Waals surface area contributed by atoms with Crippen LogP contribution in [0.5, 0.6) is 0 Å². The average Bonchev–Trinajstić information content (AvgIpc) is 2.89. The van der Waals surface area contributed by atoms with E-state index >= 15 is 0 Å². The van der Waals surface area contributed by atoms with Crippen LogP contribution in [-0.4, -0.2) is 20.5 Å². The summed E-state index contributed by atoms with van der Waals surface area (Å²) >= 11 is 0. The van der Waals surface area contributed by atoms with Crippen molar-refractivity contribution in [1.29, 1.82) is 0 Å². The summed E-state index contributed by atoms with van der Waals surface area (Å²) in [5.41, 5.74) is 1.25. The first-order valence-corrected chi connectivity index (χ1v) is 6.15. The molecule has 0 unspecified atom stereocenters. The molecule has 0 bridgehead atoms. The van der Waals surface area contributed by atoms with Crippen molar-refractivity contribution in [2.75, 3.05) is 0 Å². The lowest BCUT2D eigenvalue weighted by Gasteiger charge is -2.15. The van der Waals surface area contributed by atoms with Crippen molar-refractivity contribution in [2.45, 2.75) is 20.8 Å². The molecule has 0 N–H and O–H groups in total. The van der Waals surface area contributed by atoms with Gasteiger partial charge in [-0.05, 0) is 0 Å². The highest BCUT2D eigenvalue weighted by Crippen LogP contribution is 2.21. The normalized spacial score (nSPS) is 12.5. The summed E-state index contributed by atoms with van der Waals surface area (Å²) in [7, 11) is 0. The highest BCUT2D eigenvalue weighted by atomic mass is 16.1. The van der Waals surface area contributed by atoms with Crippen molar-refractivity contribution in [3.05, 3.63) is 54.6 Å². The molecule has 0 aliphatic heterocycles. The SMILES string of the molecule is CC(C)(C)C(=O)C=C(c1ccccc1)n1cncn1. The molecule has 0 spiro atoms. The first kappa shape index (κ1) is 13.2. The second kappa shape index (κ2) is 5.18. The van der Waals surface area contributed by atoms with Crippen molar-refractivity contribution < 1.29 is 4.79 Å². The van der Waals surface area contributed by atoms with Crippen LogP contribution in [0.1, 0.15) is 26.3 Å². The molecule has 0 radical (unpaired) electrons. The molecule has 2 aromatic rings. The van der Waals surface area contributed by atoms with Gasteiger partial charge in [0.1, 0.15) is 12.7 Å². The first-order chi connectivity index (χ1) is 8.98. The zero-order valence-corrected chi connectivity index (χ0v) is 11.4. The average molecular weight is 255 g/mol. The van der Waals surface area contributed by atoms with Gasteiger partial charge in [-0.15, -0.1) is 0 Å². The topological polar surface area (TPSA) is 47.8 Å². The van der Waals surface area contributed by atoms with Crippen LogP contribution in [-0.2, 0) is 4.79 Å². The van der Waals surface area contributed by atoms with E-state index in [0.717, 1.165) is 11.3 Å². The van der Waals surface area contributed by atoms with E-state index in [0.29, 0.717) is 0 Å². The largest absolute Gasteiger partial charge is 0.294 e. The summed E-state index contributed by atoms with van der Waals surface area (Å²) < 4.78 is 1.61. The number of aromatic nitrogens is 3. The van der Waals surface area contributed by atoms with Crippen LogP contribution in [0.15, 0.2) is 49.1 Å². The van der Waals surface area contributed by atoms with E-state index < -0.39 is 5.41 Å². The quantitative estimate of drug-likeness (QED) is 0.792. The molecule has 1 aromatic carbocycles. The second-order valence-electron chi connectivity index (χ2n) is 5.35. The number of benzene rings is 1. The fourth-order valence-corrected chi connectivity index (χ4v) is 1.56. The molecular weight excluding hydrogens is 238 g/mol. The van der Waals surface area contributed by atoms with E-state index in [9.17, 15) is 4.79 Å². The van der Waals surface area contributed by atoms with Crippen LogP contribution in [0.25, 0.3) is 5.70 Å². The molecule has 1 heterocycles. The molecule has 0 atom stereocenters. The Morgan fingerprint density at radius 3 is 2.42 bits per heavy atom. The summed E-state index contributed by atoms with van der Waals surface area (Å²) in [6.07, 6.45) is 4.68. The highest BCUT2D eigenvalue weighted by Gasteiger charge is 2.20. The summed E-state index contributed by atoms with van der Waals surface area (Å²) in [6, 6.07) is 9.70. The van der Waals surface area contributed by atoms with Gasteiger partial charge in [-0.1, -0.05) is 51.1 Å². The fourth-order valence-electron chi connectivity index (χ4n) is 1.56. The Bertz CT molecular complexity index is 578. The van der Waals surface area contributed by atoms with Gasteiger partial charge in [0.2, 0.25) is 0 Å². The van der Waals surface area contributed by atoms with Gasteiger partial charge < -0.3 is 0 Å². The van der Waals surface area contributed by atoms with E-state index in [1.54, 1.807) is 17.1 Å². The molecule has 0 saturated carbocycles. The second-order valence-corrected chi connectivity index (χ2v) is 5.35. The van der Waals surface area contributed by atoms with Crippen LogP contribution >= 0.6 is 0 Å². The summed E-state index contributed by atoms with van der Waals surface area (Å²) in [6.45, 7) is 5.70. The van der Waals surface area contributed by atoms with Crippen LogP contribution < -0.4 is 0 Å². The van der Waals surface area contributed by atoms with Crippen molar-refractivity contribution in [3.8, 4) is 0 Å². The highest BCUT2D eigenvalue weighted by molar-refractivity contribution is 5.99. The standard InChI is InChI=1S/C15H17N3O/c1-15(2,3)14(19)9-13(18-11-16-10-17-18)12-7-5-4-6-8-12/h4-11H,1-3H3. The number of ketones is 1. The Morgan fingerprint density at radius 2 is 1.89 bits per heavy atom. The van der Waals surface area contributed by atoms with Crippen molar-refractivity contribution in [3.63, 3.8) is 0 Å². The minimum Gasteiger partial charge on any atom is -0.294 e. The Labute approximate surface area is 112 Å². The van der Waals surface area contributed by atoms with E-state index in [1.807, 2.05) is 51.1 Å². The molecule has 0 amide bonds. The Balaban J connectivity index is 2.48. The number of nitrogens with zero attached hydrogens (tertiary/aromatic N) is 3.